The van der Waals surface area contributed by atoms with E-state index in [0.29, 0.717) is 0 Å². The molecule has 2 nitrogen and oxygen atoms in total. The molecule has 7 aliphatic carbocycles. The molecular weight excluding hydrogens is 619 g/mol. The van der Waals surface area contributed by atoms with Crippen LogP contribution in [-0.4, -0.2) is 0 Å². The van der Waals surface area contributed by atoms with E-state index in [2.05, 4.69) is 134 Å². The maximum Gasteiger partial charge on any atom is 0.135 e. The Morgan fingerprint density at radius 3 is 1.92 bits per heavy atom. The molecule has 4 saturated carbocycles. The molecule has 0 N–H and O–H groups in total. The highest BCUT2D eigenvalue weighted by Crippen LogP contribution is 2.69. The predicted molar refractivity (Wildman–Crippen MR) is 209 cm³/mol. The van der Waals surface area contributed by atoms with Gasteiger partial charge in [-0.05, 0) is 149 Å². The zero-order valence-electron chi connectivity index (χ0n) is 29.6. The quantitative estimate of drug-likeness (QED) is 0.188. The van der Waals surface area contributed by atoms with Crippen molar-refractivity contribution in [3.05, 3.63) is 143 Å². The maximum atomic E-state index is 6.42. The molecule has 6 aromatic rings. The van der Waals surface area contributed by atoms with Crippen molar-refractivity contribution in [2.24, 2.45) is 23.7 Å². The molecule has 0 saturated heterocycles. The van der Waals surface area contributed by atoms with E-state index in [-0.39, 0.29) is 10.8 Å². The smallest absolute Gasteiger partial charge is 0.135 e. The summed E-state index contributed by atoms with van der Waals surface area (Å²) < 4.78 is 6.42. The fraction of sp³-hybridized carbons (Fsp3) is 0.306. The molecule has 1 spiro atoms. The van der Waals surface area contributed by atoms with Crippen LogP contribution in [0.1, 0.15) is 85.9 Å². The normalized spacial score (nSPS) is 26.6. The third kappa shape index (κ3) is 3.69. The van der Waals surface area contributed by atoms with Gasteiger partial charge in [0.1, 0.15) is 11.3 Å². The molecule has 0 atom stereocenters. The van der Waals surface area contributed by atoms with Gasteiger partial charge in [-0.25, -0.2) is 0 Å². The second-order valence-electron chi connectivity index (χ2n) is 17.2. The second kappa shape index (κ2) is 9.94. The Labute approximate surface area is 300 Å². The van der Waals surface area contributed by atoms with Crippen molar-refractivity contribution in [3.63, 3.8) is 0 Å². The topological polar surface area (TPSA) is 16.4 Å². The maximum absolute atomic E-state index is 6.42. The number of anilines is 3. The lowest BCUT2D eigenvalue weighted by atomic mass is 9.43. The lowest BCUT2D eigenvalue weighted by Crippen LogP contribution is -2.55. The molecule has 4 bridgehead atoms. The van der Waals surface area contributed by atoms with Gasteiger partial charge in [0.2, 0.25) is 0 Å². The summed E-state index contributed by atoms with van der Waals surface area (Å²) >= 11 is 0. The Kier molecular flexibility index (Phi) is 5.62. The number of nitrogens with zero attached hydrogens (tertiary/aromatic N) is 1. The van der Waals surface area contributed by atoms with Crippen LogP contribution >= 0.6 is 0 Å². The predicted octanol–water partition coefficient (Wildman–Crippen LogP) is 12.9. The summed E-state index contributed by atoms with van der Waals surface area (Å²) in [5, 5.41) is 1.21. The zero-order valence-corrected chi connectivity index (χ0v) is 29.6. The van der Waals surface area contributed by atoms with E-state index in [1.165, 1.54) is 93.5 Å². The molecule has 51 heavy (non-hydrogen) atoms. The molecule has 0 aliphatic heterocycles. The first kappa shape index (κ1) is 28.8. The van der Waals surface area contributed by atoms with Gasteiger partial charge in [-0.2, -0.15) is 0 Å². The summed E-state index contributed by atoms with van der Waals surface area (Å²) in [7, 11) is 0. The van der Waals surface area contributed by atoms with Gasteiger partial charge in [0, 0.05) is 45.3 Å². The van der Waals surface area contributed by atoms with Gasteiger partial charge in [-0.1, -0.05) is 86.7 Å². The molecule has 0 radical (unpaired) electrons. The number of hydrogen-bond acceptors (Lipinski definition) is 2. The van der Waals surface area contributed by atoms with Gasteiger partial charge >= 0.3 is 0 Å². The van der Waals surface area contributed by atoms with E-state index in [1.54, 1.807) is 11.1 Å². The first-order chi connectivity index (χ1) is 25.0. The van der Waals surface area contributed by atoms with Crippen molar-refractivity contribution in [3.8, 4) is 22.3 Å². The Hall–Kier alpha value is -4.82. The van der Waals surface area contributed by atoms with E-state index >= 15 is 0 Å². The van der Waals surface area contributed by atoms with Crippen molar-refractivity contribution in [2.75, 3.05) is 4.90 Å². The molecule has 4 fully saturated rings. The molecule has 2 heteroatoms. The highest BCUT2D eigenvalue weighted by atomic mass is 16.3. The van der Waals surface area contributed by atoms with Crippen molar-refractivity contribution in [1.29, 1.82) is 0 Å². The number of fused-ring (bicyclic) bond motifs is 9. The lowest BCUT2D eigenvalue weighted by molar-refractivity contribution is -0.0399. The van der Waals surface area contributed by atoms with E-state index in [9.17, 15) is 0 Å². The Balaban J connectivity index is 1.09. The summed E-state index contributed by atoms with van der Waals surface area (Å²) in [6.45, 7) is 4.79. The average molecular weight is 662 g/mol. The summed E-state index contributed by atoms with van der Waals surface area (Å²) in [5.41, 5.74) is 17.7. The van der Waals surface area contributed by atoms with Crippen LogP contribution < -0.4 is 4.90 Å². The molecule has 1 heterocycles. The SMILES string of the molecule is CC1(C)c2ccccc2-c2ccc(N(c3ccc4c(c3)C3(c5ccccc5-4)C4CC5CC(C4)CC3C5)c3ccc4oc5c(c4c3)C=CCC5)cc21. The van der Waals surface area contributed by atoms with Crippen LogP contribution in [0.4, 0.5) is 17.1 Å². The highest BCUT2D eigenvalue weighted by molar-refractivity contribution is 5.95. The summed E-state index contributed by atoms with van der Waals surface area (Å²) in [4.78, 5) is 2.55. The van der Waals surface area contributed by atoms with Crippen LogP contribution in [0.5, 0.6) is 0 Å². The molecule has 7 aliphatic rings. The summed E-state index contributed by atoms with van der Waals surface area (Å²) in [6, 6.07) is 40.1. The van der Waals surface area contributed by atoms with Crippen LogP contribution in [0.15, 0.2) is 114 Å². The van der Waals surface area contributed by atoms with Gasteiger partial charge in [-0.15, -0.1) is 0 Å². The first-order valence-electron chi connectivity index (χ1n) is 19.5. The molecule has 13 rings (SSSR count). The highest BCUT2D eigenvalue weighted by Gasteiger charge is 2.61. The number of hydrogen-bond donors (Lipinski definition) is 0. The molecule has 250 valence electrons. The molecule has 0 amide bonds. The minimum Gasteiger partial charge on any atom is -0.460 e. The zero-order chi connectivity index (χ0) is 33.6. The minimum absolute atomic E-state index is 0.0734. The fourth-order valence-corrected chi connectivity index (χ4v) is 12.6. The number of allylic oxidation sites excluding steroid dienone is 1. The summed E-state index contributed by atoms with van der Waals surface area (Å²) in [6.07, 6.45) is 13.6. The Morgan fingerprint density at radius 1 is 0.588 bits per heavy atom. The van der Waals surface area contributed by atoms with Gasteiger partial charge in [0.05, 0.1) is 0 Å². The molecule has 0 unspecified atom stereocenters. The van der Waals surface area contributed by atoms with Crippen LogP contribution in [0.25, 0.3) is 39.3 Å². The average Bonchev–Trinajstić information content (AvgIpc) is 3.74. The van der Waals surface area contributed by atoms with Crippen LogP contribution in [0.2, 0.25) is 0 Å². The second-order valence-corrected chi connectivity index (χ2v) is 17.2. The Morgan fingerprint density at radius 2 is 1.18 bits per heavy atom. The lowest BCUT2D eigenvalue weighted by Gasteiger charge is -2.61. The number of rotatable bonds is 3. The monoisotopic (exact) mass is 661 g/mol. The first-order valence-corrected chi connectivity index (χ1v) is 19.5. The van der Waals surface area contributed by atoms with Crippen molar-refractivity contribution in [1.82, 2.24) is 0 Å². The van der Waals surface area contributed by atoms with Crippen molar-refractivity contribution >= 4 is 34.1 Å². The standard InChI is InChI=1S/C49H43NO/c1-48(2)42-12-6-3-9-36(42)38-18-15-34(27-44(38)48)50(33-17-20-47-41(26-33)40-11-5-8-14-46(40)51-47)35-16-19-39-37-10-4-7-13-43(37)49(45(39)28-35)31-22-29-21-30(24-31)25-32(49)23-29/h3-7,9-13,15-20,26-32H,8,14,21-25H2,1-2H3. The third-order valence-corrected chi connectivity index (χ3v) is 14.5. The van der Waals surface area contributed by atoms with Crippen molar-refractivity contribution < 1.29 is 4.42 Å². The number of benzene rings is 5. The molecular formula is C49H43NO. The van der Waals surface area contributed by atoms with Gasteiger partial charge in [-0.3, -0.25) is 0 Å². The third-order valence-electron chi connectivity index (χ3n) is 14.5. The molecule has 5 aromatic carbocycles. The van der Waals surface area contributed by atoms with Crippen molar-refractivity contribution in [2.45, 2.75) is 69.6 Å². The van der Waals surface area contributed by atoms with Gasteiger partial charge in [0.15, 0.2) is 0 Å². The number of furan rings is 1. The van der Waals surface area contributed by atoms with Gasteiger partial charge in [0.25, 0.3) is 0 Å². The van der Waals surface area contributed by atoms with Crippen LogP contribution in [0.3, 0.4) is 0 Å². The van der Waals surface area contributed by atoms with E-state index in [4.69, 9.17) is 4.42 Å². The fourth-order valence-electron chi connectivity index (χ4n) is 12.6. The van der Waals surface area contributed by atoms with Crippen LogP contribution in [0, 0.1) is 23.7 Å². The van der Waals surface area contributed by atoms with E-state index in [0.717, 1.165) is 47.9 Å². The van der Waals surface area contributed by atoms with Crippen LogP contribution in [-0.2, 0) is 17.3 Å². The largest absolute Gasteiger partial charge is 0.460 e. The molecule has 1 aromatic heterocycles. The van der Waals surface area contributed by atoms with E-state index in [1.807, 2.05) is 0 Å². The number of aryl methyl sites for hydroxylation is 1. The summed E-state index contributed by atoms with van der Waals surface area (Å²) in [5.74, 6) is 4.44. The van der Waals surface area contributed by atoms with E-state index < -0.39 is 0 Å². The minimum atomic E-state index is -0.0734. The Bertz CT molecular complexity index is 2460. The van der Waals surface area contributed by atoms with Gasteiger partial charge < -0.3 is 9.32 Å².